The van der Waals surface area contributed by atoms with Gasteiger partial charge in [0.1, 0.15) is 5.82 Å². The van der Waals surface area contributed by atoms with Gasteiger partial charge in [-0.1, -0.05) is 12.1 Å². The molecule has 2 heterocycles. The molecule has 0 fully saturated rings. The normalized spacial score (nSPS) is 11.4. The van der Waals surface area contributed by atoms with Crippen molar-refractivity contribution in [2.24, 2.45) is 0 Å². The second-order valence-electron chi connectivity index (χ2n) is 7.88. The number of hydrogen-bond acceptors (Lipinski definition) is 4. The highest BCUT2D eigenvalue weighted by Gasteiger charge is 2.30. The largest absolute Gasteiger partial charge is 0.416 e. The van der Waals surface area contributed by atoms with Crippen LogP contribution in [0, 0.1) is 5.82 Å². The van der Waals surface area contributed by atoms with Gasteiger partial charge in [-0.15, -0.1) is 0 Å². The first-order valence-corrected chi connectivity index (χ1v) is 10.7. The SMILES string of the molecule is O=C(Nc1cccc(Nc2nc(-c3ccc(F)cc3)c3[nH]ccc3n2)c1)c1cccc(C(F)(F)F)c1. The van der Waals surface area contributed by atoms with Crippen LogP contribution in [-0.2, 0) is 6.18 Å². The molecule has 3 aromatic carbocycles. The molecule has 0 bridgehead atoms. The summed E-state index contributed by atoms with van der Waals surface area (Å²) in [5, 5.41) is 5.68. The van der Waals surface area contributed by atoms with Crippen molar-refractivity contribution >= 4 is 34.3 Å². The van der Waals surface area contributed by atoms with Gasteiger partial charge < -0.3 is 15.6 Å². The third kappa shape index (κ3) is 4.88. The molecule has 0 aliphatic heterocycles. The molecule has 36 heavy (non-hydrogen) atoms. The third-order valence-corrected chi connectivity index (χ3v) is 5.35. The van der Waals surface area contributed by atoms with Crippen LogP contribution in [0.25, 0.3) is 22.3 Å². The predicted molar refractivity (Wildman–Crippen MR) is 128 cm³/mol. The Morgan fingerprint density at radius 3 is 2.39 bits per heavy atom. The Morgan fingerprint density at radius 2 is 1.61 bits per heavy atom. The predicted octanol–water partition coefficient (Wildman–Crippen LogP) is 6.78. The van der Waals surface area contributed by atoms with E-state index in [4.69, 9.17) is 0 Å². The first kappa shape index (κ1) is 23.0. The van der Waals surface area contributed by atoms with Crippen LogP contribution >= 0.6 is 0 Å². The van der Waals surface area contributed by atoms with Gasteiger partial charge in [0.15, 0.2) is 0 Å². The number of fused-ring (bicyclic) bond motifs is 1. The van der Waals surface area contributed by atoms with Gasteiger partial charge in [-0.05, 0) is 66.7 Å². The van der Waals surface area contributed by atoms with Crippen LogP contribution in [0.4, 0.5) is 34.9 Å². The summed E-state index contributed by atoms with van der Waals surface area (Å²) in [6, 6.07) is 18.5. The van der Waals surface area contributed by atoms with Gasteiger partial charge in [0.05, 0.1) is 22.3 Å². The zero-order valence-corrected chi connectivity index (χ0v) is 18.4. The Balaban J connectivity index is 1.39. The highest BCUT2D eigenvalue weighted by atomic mass is 19.4. The van der Waals surface area contributed by atoms with Crippen LogP contribution in [-0.4, -0.2) is 20.9 Å². The maximum absolute atomic E-state index is 13.4. The van der Waals surface area contributed by atoms with Gasteiger partial charge in [0.25, 0.3) is 5.91 Å². The van der Waals surface area contributed by atoms with Crippen molar-refractivity contribution in [3.05, 3.63) is 102 Å². The van der Waals surface area contributed by atoms with E-state index >= 15 is 0 Å². The van der Waals surface area contributed by atoms with E-state index in [1.807, 2.05) is 0 Å². The summed E-state index contributed by atoms with van der Waals surface area (Å²) in [4.78, 5) is 24.7. The van der Waals surface area contributed by atoms with Crippen molar-refractivity contribution in [1.29, 1.82) is 0 Å². The Labute approximate surface area is 202 Å². The number of aromatic nitrogens is 3. The van der Waals surface area contributed by atoms with Crippen LogP contribution in [0.2, 0.25) is 0 Å². The number of rotatable bonds is 5. The van der Waals surface area contributed by atoms with E-state index in [1.165, 1.54) is 24.3 Å². The van der Waals surface area contributed by atoms with Crippen molar-refractivity contribution in [2.45, 2.75) is 6.18 Å². The fraction of sp³-hybridized carbons (Fsp3) is 0.0385. The second-order valence-corrected chi connectivity index (χ2v) is 7.88. The van der Waals surface area contributed by atoms with Gasteiger partial charge in [-0.3, -0.25) is 4.79 Å². The molecule has 0 aliphatic rings. The molecular formula is C26H17F4N5O. The van der Waals surface area contributed by atoms with E-state index in [-0.39, 0.29) is 17.3 Å². The summed E-state index contributed by atoms with van der Waals surface area (Å²) < 4.78 is 52.3. The maximum atomic E-state index is 13.4. The summed E-state index contributed by atoms with van der Waals surface area (Å²) >= 11 is 0. The smallest absolute Gasteiger partial charge is 0.358 e. The monoisotopic (exact) mass is 491 g/mol. The average Bonchev–Trinajstić information content (AvgIpc) is 3.33. The Kier molecular flexibility index (Phi) is 5.85. The number of nitrogens with zero attached hydrogens (tertiary/aromatic N) is 2. The summed E-state index contributed by atoms with van der Waals surface area (Å²) in [5.74, 6) is -0.775. The molecule has 0 saturated carbocycles. The van der Waals surface area contributed by atoms with Gasteiger partial charge in [0.2, 0.25) is 5.95 Å². The maximum Gasteiger partial charge on any atom is 0.416 e. The van der Waals surface area contributed by atoms with E-state index in [0.29, 0.717) is 33.7 Å². The van der Waals surface area contributed by atoms with Crippen LogP contribution in [0.15, 0.2) is 85.1 Å². The van der Waals surface area contributed by atoms with E-state index in [0.717, 1.165) is 12.1 Å². The topological polar surface area (TPSA) is 82.7 Å². The molecule has 5 rings (SSSR count). The number of nitrogens with one attached hydrogen (secondary N) is 3. The zero-order valence-electron chi connectivity index (χ0n) is 18.4. The molecule has 1 amide bonds. The first-order chi connectivity index (χ1) is 17.3. The zero-order chi connectivity index (χ0) is 25.3. The minimum atomic E-state index is -4.55. The molecule has 0 atom stereocenters. The lowest BCUT2D eigenvalue weighted by Crippen LogP contribution is -2.14. The van der Waals surface area contributed by atoms with Gasteiger partial charge >= 0.3 is 6.18 Å². The van der Waals surface area contributed by atoms with E-state index < -0.39 is 17.6 Å². The quantitative estimate of drug-likeness (QED) is 0.237. The van der Waals surface area contributed by atoms with E-state index in [9.17, 15) is 22.4 Å². The molecule has 3 N–H and O–H groups in total. The molecule has 0 aliphatic carbocycles. The van der Waals surface area contributed by atoms with Gasteiger partial charge in [-0.25, -0.2) is 14.4 Å². The number of aromatic amines is 1. The third-order valence-electron chi connectivity index (χ3n) is 5.35. The van der Waals surface area contributed by atoms with Crippen LogP contribution < -0.4 is 10.6 Å². The first-order valence-electron chi connectivity index (χ1n) is 10.7. The van der Waals surface area contributed by atoms with E-state index in [2.05, 4.69) is 25.6 Å². The fourth-order valence-corrected chi connectivity index (χ4v) is 3.66. The Morgan fingerprint density at radius 1 is 0.861 bits per heavy atom. The molecule has 6 nitrogen and oxygen atoms in total. The van der Waals surface area contributed by atoms with Crippen molar-refractivity contribution in [1.82, 2.24) is 15.0 Å². The van der Waals surface area contributed by atoms with Crippen LogP contribution in [0.5, 0.6) is 0 Å². The molecule has 0 saturated heterocycles. The summed E-state index contributed by atoms with van der Waals surface area (Å²) in [6.07, 6.45) is -2.83. The number of H-pyrrole nitrogens is 1. The van der Waals surface area contributed by atoms with E-state index in [1.54, 1.807) is 48.7 Å². The van der Waals surface area contributed by atoms with Gasteiger partial charge in [-0.2, -0.15) is 13.2 Å². The van der Waals surface area contributed by atoms with Crippen LogP contribution in [0.3, 0.4) is 0 Å². The number of benzene rings is 3. The Hall–Kier alpha value is -4.73. The Bertz CT molecular complexity index is 1560. The van der Waals surface area contributed by atoms with Crippen molar-refractivity contribution < 1.29 is 22.4 Å². The summed E-state index contributed by atoms with van der Waals surface area (Å²) in [5.41, 5.74) is 2.47. The fourth-order valence-electron chi connectivity index (χ4n) is 3.66. The number of anilines is 3. The standard InChI is InChI=1S/C26H17F4N5O/c27-18-9-7-15(8-10-18)22-23-21(11-12-31-23)34-25(35-22)33-20-6-2-5-19(14-20)32-24(36)16-3-1-4-17(13-16)26(28,29)30/h1-14,31H,(H,32,36)(H,33,34,35). The molecule has 5 aromatic rings. The van der Waals surface area contributed by atoms with Crippen molar-refractivity contribution in [2.75, 3.05) is 10.6 Å². The number of alkyl halides is 3. The van der Waals surface area contributed by atoms with Gasteiger partial charge in [0, 0.05) is 28.7 Å². The number of halogens is 4. The lowest BCUT2D eigenvalue weighted by molar-refractivity contribution is -0.137. The molecular weight excluding hydrogens is 474 g/mol. The molecule has 10 heteroatoms. The van der Waals surface area contributed by atoms with Crippen molar-refractivity contribution in [3.63, 3.8) is 0 Å². The second kappa shape index (κ2) is 9.14. The minimum absolute atomic E-state index is 0.117. The highest BCUT2D eigenvalue weighted by molar-refractivity contribution is 6.04. The molecule has 0 spiro atoms. The number of carbonyl (C=O) groups is 1. The lowest BCUT2D eigenvalue weighted by Gasteiger charge is -2.11. The molecule has 180 valence electrons. The average molecular weight is 491 g/mol. The summed E-state index contributed by atoms with van der Waals surface area (Å²) in [6.45, 7) is 0. The molecule has 0 unspecified atom stereocenters. The number of carbonyl (C=O) groups excluding carboxylic acids is 1. The lowest BCUT2D eigenvalue weighted by atomic mass is 10.1. The number of amides is 1. The minimum Gasteiger partial charge on any atom is -0.358 e. The number of hydrogen-bond donors (Lipinski definition) is 3. The molecule has 0 radical (unpaired) electrons. The highest BCUT2D eigenvalue weighted by Crippen LogP contribution is 2.30. The van der Waals surface area contributed by atoms with Crippen LogP contribution in [0.1, 0.15) is 15.9 Å². The molecule has 2 aromatic heterocycles. The van der Waals surface area contributed by atoms with Crippen molar-refractivity contribution in [3.8, 4) is 11.3 Å². The summed E-state index contributed by atoms with van der Waals surface area (Å²) in [7, 11) is 0.